The number of carbonyl (C=O) groups excluding carboxylic acids is 1. The number of benzene rings is 2. The van der Waals surface area contributed by atoms with Crippen molar-refractivity contribution in [2.24, 2.45) is 0 Å². The van der Waals surface area contributed by atoms with Gasteiger partial charge in [-0.15, -0.1) is 10.2 Å². The van der Waals surface area contributed by atoms with Crippen LogP contribution in [0.1, 0.15) is 25.8 Å². The van der Waals surface area contributed by atoms with E-state index in [2.05, 4.69) is 15.5 Å². The number of rotatable bonds is 9. The predicted octanol–water partition coefficient (Wildman–Crippen LogP) is 4.10. The number of amides is 1. The molecule has 0 saturated heterocycles. The zero-order valence-electron chi connectivity index (χ0n) is 18.4. The molecule has 0 spiro atoms. The highest BCUT2D eigenvalue weighted by molar-refractivity contribution is 7.92. The van der Waals surface area contributed by atoms with Gasteiger partial charge in [0, 0.05) is 5.56 Å². The van der Waals surface area contributed by atoms with Gasteiger partial charge in [0.2, 0.25) is 21.1 Å². The van der Waals surface area contributed by atoms with E-state index in [1.54, 1.807) is 31.2 Å². The van der Waals surface area contributed by atoms with E-state index in [9.17, 15) is 13.2 Å². The van der Waals surface area contributed by atoms with Crippen molar-refractivity contribution < 1.29 is 17.9 Å². The van der Waals surface area contributed by atoms with Gasteiger partial charge in [0.1, 0.15) is 16.8 Å². The number of ether oxygens (including phenoxy) is 1. The first-order valence-electron chi connectivity index (χ1n) is 10.2. The van der Waals surface area contributed by atoms with Crippen LogP contribution in [0.25, 0.3) is 10.6 Å². The third-order valence-electron chi connectivity index (χ3n) is 4.69. The minimum atomic E-state index is -3.73. The van der Waals surface area contributed by atoms with Crippen LogP contribution >= 0.6 is 11.3 Å². The summed E-state index contributed by atoms with van der Waals surface area (Å²) in [6.45, 7) is 6.13. The fourth-order valence-corrected chi connectivity index (χ4v) is 5.16. The summed E-state index contributed by atoms with van der Waals surface area (Å²) in [5, 5.41) is 11.9. The van der Waals surface area contributed by atoms with Gasteiger partial charge in [0.15, 0.2) is 0 Å². The molecule has 170 valence electrons. The molecule has 0 aliphatic carbocycles. The number of aryl methyl sites for hydroxylation is 1. The van der Waals surface area contributed by atoms with Crippen LogP contribution in [0.5, 0.6) is 5.75 Å². The van der Waals surface area contributed by atoms with E-state index in [0.717, 1.165) is 21.7 Å². The molecule has 0 saturated carbocycles. The second kappa shape index (κ2) is 10.1. The van der Waals surface area contributed by atoms with Gasteiger partial charge in [0.25, 0.3) is 0 Å². The molecule has 1 aromatic heterocycles. The third kappa shape index (κ3) is 5.63. The van der Waals surface area contributed by atoms with Gasteiger partial charge < -0.3 is 4.74 Å². The maximum Gasteiger partial charge on any atom is 0.250 e. The Morgan fingerprint density at radius 1 is 1.09 bits per heavy atom. The lowest BCUT2D eigenvalue weighted by Gasteiger charge is -2.29. The largest absolute Gasteiger partial charge is 0.494 e. The predicted molar refractivity (Wildman–Crippen MR) is 128 cm³/mol. The monoisotopic (exact) mass is 474 g/mol. The summed E-state index contributed by atoms with van der Waals surface area (Å²) in [7, 11) is -3.73. The highest BCUT2D eigenvalue weighted by Gasteiger charge is 2.32. The van der Waals surface area contributed by atoms with Crippen molar-refractivity contribution >= 4 is 38.1 Å². The minimum absolute atomic E-state index is 0.274. The Labute approximate surface area is 192 Å². The van der Waals surface area contributed by atoms with Crippen LogP contribution in [0, 0.1) is 6.92 Å². The van der Waals surface area contributed by atoms with Crippen molar-refractivity contribution in [3.8, 4) is 16.3 Å². The van der Waals surface area contributed by atoms with Crippen molar-refractivity contribution in [2.75, 3.05) is 22.5 Å². The van der Waals surface area contributed by atoms with Crippen molar-refractivity contribution in [2.45, 2.75) is 33.2 Å². The average Bonchev–Trinajstić information content (AvgIpc) is 3.21. The van der Waals surface area contributed by atoms with Crippen molar-refractivity contribution in [3.63, 3.8) is 0 Å². The number of aromatic nitrogens is 2. The van der Waals surface area contributed by atoms with Crippen LogP contribution in [0.3, 0.4) is 0 Å². The molecule has 32 heavy (non-hydrogen) atoms. The first-order chi connectivity index (χ1) is 15.2. The lowest BCUT2D eigenvalue weighted by atomic mass is 10.2. The summed E-state index contributed by atoms with van der Waals surface area (Å²) >= 11 is 1.23. The van der Waals surface area contributed by atoms with E-state index < -0.39 is 22.0 Å². The number of hydrogen-bond donors (Lipinski definition) is 1. The molecular formula is C22H26N4O4S2. The van der Waals surface area contributed by atoms with Crippen LogP contribution < -0.4 is 14.4 Å². The number of hydrogen-bond acceptors (Lipinski definition) is 7. The summed E-state index contributed by atoms with van der Waals surface area (Å²) in [6, 6.07) is 13.5. The van der Waals surface area contributed by atoms with E-state index >= 15 is 0 Å². The number of anilines is 2. The number of nitrogens with one attached hydrogen (secondary N) is 1. The zero-order chi connectivity index (χ0) is 23.3. The molecule has 3 aromatic rings. The molecule has 0 aliphatic rings. The van der Waals surface area contributed by atoms with E-state index in [1.807, 2.05) is 38.1 Å². The maximum absolute atomic E-state index is 13.1. The molecule has 1 heterocycles. The Morgan fingerprint density at radius 2 is 1.75 bits per heavy atom. The number of nitrogens with zero attached hydrogens (tertiary/aromatic N) is 3. The molecule has 2 aromatic carbocycles. The van der Waals surface area contributed by atoms with E-state index in [-0.39, 0.29) is 6.42 Å². The van der Waals surface area contributed by atoms with Gasteiger partial charge in [-0.1, -0.05) is 48.1 Å². The van der Waals surface area contributed by atoms with Crippen LogP contribution in [-0.4, -0.2) is 43.4 Å². The molecule has 10 heteroatoms. The van der Waals surface area contributed by atoms with Gasteiger partial charge in [-0.25, -0.2) is 8.42 Å². The van der Waals surface area contributed by atoms with E-state index in [0.29, 0.717) is 28.2 Å². The topological polar surface area (TPSA) is 101 Å². The van der Waals surface area contributed by atoms with Crippen molar-refractivity contribution in [1.82, 2.24) is 10.2 Å². The smallest absolute Gasteiger partial charge is 0.250 e. The molecule has 0 aliphatic heterocycles. The van der Waals surface area contributed by atoms with Crippen molar-refractivity contribution in [1.29, 1.82) is 0 Å². The minimum Gasteiger partial charge on any atom is -0.494 e. The van der Waals surface area contributed by atoms with E-state index in [4.69, 9.17) is 4.74 Å². The Bertz CT molecular complexity index is 1160. The third-order valence-corrected chi connectivity index (χ3v) is 6.75. The summed E-state index contributed by atoms with van der Waals surface area (Å²) in [4.78, 5) is 13.1. The molecule has 0 radical (unpaired) electrons. The van der Waals surface area contributed by atoms with Crippen LogP contribution in [0.15, 0.2) is 48.5 Å². The molecule has 8 nitrogen and oxygen atoms in total. The van der Waals surface area contributed by atoms with Gasteiger partial charge in [0.05, 0.1) is 18.6 Å². The Balaban J connectivity index is 1.83. The lowest BCUT2D eigenvalue weighted by molar-refractivity contribution is -0.117. The molecule has 0 bridgehead atoms. The number of sulfonamides is 1. The van der Waals surface area contributed by atoms with Crippen LogP contribution in [0.2, 0.25) is 0 Å². The Morgan fingerprint density at radius 3 is 2.31 bits per heavy atom. The summed E-state index contributed by atoms with van der Waals surface area (Å²) < 4.78 is 31.8. The SMILES string of the molecule is CCOc1ccc(N([C@@H](CC)C(=O)Nc2nnc(-c3ccc(C)cc3)s2)S(C)(=O)=O)cc1. The fraction of sp³-hybridized carbons (Fsp3) is 0.318. The standard InChI is InChI=1S/C22H26N4O4S2/c1-5-19(26(32(4,28)29)17-11-13-18(14-12-17)30-6-2)20(27)23-22-25-24-21(31-22)16-9-7-15(3)8-10-16/h7-14,19H,5-6H2,1-4H3,(H,23,25,27)/t19-/m0/s1. The van der Waals surface area contributed by atoms with Crippen LogP contribution in [-0.2, 0) is 14.8 Å². The molecule has 3 rings (SSSR count). The Hall–Kier alpha value is -2.98. The number of carbonyl (C=O) groups is 1. The van der Waals surface area contributed by atoms with Gasteiger partial charge in [-0.05, 0) is 44.5 Å². The normalized spacial score (nSPS) is 12.2. The second-order valence-electron chi connectivity index (χ2n) is 7.18. The van der Waals surface area contributed by atoms with Crippen LogP contribution in [0.4, 0.5) is 10.8 Å². The average molecular weight is 475 g/mol. The summed E-state index contributed by atoms with van der Waals surface area (Å²) in [5.74, 6) is 0.151. The maximum atomic E-state index is 13.1. The lowest BCUT2D eigenvalue weighted by Crippen LogP contribution is -2.47. The molecule has 1 atom stereocenters. The second-order valence-corrected chi connectivity index (χ2v) is 10.0. The van der Waals surface area contributed by atoms with Gasteiger partial charge >= 0.3 is 0 Å². The zero-order valence-corrected chi connectivity index (χ0v) is 20.0. The molecular weight excluding hydrogens is 448 g/mol. The quantitative estimate of drug-likeness (QED) is 0.501. The molecule has 1 N–H and O–H groups in total. The highest BCUT2D eigenvalue weighted by Crippen LogP contribution is 2.28. The first kappa shape index (κ1) is 23.7. The molecule has 0 unspecified atom stereocenters. The first-order valence-corrected chi connectivity index (χ1v) is 12.8. The molecule has 1 amide bonds. The highest BCUT2D eigenvalue weighted by atomic mass is 32.2. The summed E-state index contributed by atoms with van der Waals surface area (Å²) in [6.07, 6.45) is 1.36. The van der Waals surface area contributed by atoms with Gasteiger partial charge in [-0.2, -0.15) is 0 Å². The molecule has 0 fully saturated rings. The summed E-state index contributed by atoms with van der Waals surface area (Å²) in [5.41, 5.74) is 2.41. The fourth-order valence-electron chi connectivity index (χ4n) is 3.19. The van der Waals surface area contributed by atoms with Crippen molar-refractivity contribution in [3.05, 3.63) is 54.1 Å². The van der Waals surface area contributed by atoms with E-state index in [1.165, 1.54) is 11.3 Å². The van der Waals surface area contributed by atoms with Gasteiger partial charge in [-0.3, -0.25) is 14.4 Å². The Kier molecular flexibility index (Phi) is 7.47.